The molecule has 1 saturated carbocycles. The summed E-state index contributed by atoms with van der Waals surface area (Å²) in [5.41, 5.74) is 0. The molecule has 2 heterocycles. The van der Waals surface area contributed by atoms with Gasteiger partial charge in [-0.2, -0.15) is 0 Å². The van der Waals surface area contributed by atoms with E-state index in [4.69, 9.17) is 4.74 Å². The van der Waals surface area contributed by atoms with E-state index in [0.717, 1.165) is 45.1 Å². The fraction of sp³-hybridized carbons (Fsp3) is 0.938. The maximum absolute atomic E-state index is 12.8. The van der Waals surface area contributed by atoms with Crippen LogP contribution in [-0.4, -0.2) is 47.3 Å². The Balaban J connectivity index is 1.73. The summed E-state index contributed by atoms with van der Waals surface area (Å²) < 4.78 is 5.56. The molecule has 3 aliphatic rings. The highest BCUT2D eigenvalue weighted by Gasteiger charge is 2.42. The molecule has 1 N–H and O–H groups in total. The molecule has 3 rings (SSSR count). The molecule has 0 aromatic rings. The average Bonchev–Trinajstić information content (AvgIpc) is 3.06. The number of carbonyl (C=O) groups is 1. The van der Waals surface area contributed by atoms with Gasteiger partial charge in [0.15, 0.2) is 0 Å². The maximum atomic E-state index is 12.8. The number of rotatable bonds is 2. The van der Waals surface area contributed by atoms with Gasteiger partial charge in [0.25, 0.3) is 0 Å². The lowest BCUT2D eigenvalue weighted by atomic mass is 9.86. The molecule has 0 aromatic heterocycles. The minimum absolute atomic E-state index is 0.0362. The highest BCUT2D eigenvalue weighted by Crippen LogP contribution is 2.36. The predicted octanol–water partition coefficient (Wildman–Crippen LogP) is 1.95. The van der Waals surface area contributed by atoms with Gasteiger partial charge in [0.05, 0.1) is 18.1 Å². The van der Waals surface area contributed by atoms with Gasteiger partial charge in [-0.3, -0.25) is 4.79 Å². The van der Waals surface area contributed by atoms with E-state index in [1.807, 2.05) is 6.92 Å². The van der Waals surface area contributed by atoms with E-state index in [-0.39, 0.29) is 30.1 Å². The van der Waals surface area contributed by atoms with Gasteiger partial charge < -0.3 is 14.7 Å². The lowest BCUT2D eigenvalue weighted by Crippen LogP contribution is -2.52. The van der Waals surface area contributed by atoms with Crippen molar-refractivity contribution in [3.8, 4) is 0 Å². The van der Waals surface area contributed by atoms with E-state index in [2.05, 4.69) is 4.90 Å². The molecule has 0 spiro atoms. The van der Waals surface area contributed by atoms with Crippen molar-refractivity contribution in [1.82, 2.24) is 4.90 Å². The number of hydrogen-bond acceptors (Lipinski definition) is 3. The number of aliphatic hydroxyl groups is 1. The normalized spacial score (nSPS) is 42.1. The molecule has 0 radical (unpaired) electrons. The Kier molecular flexibility index (Phi) is 4.32. The Hall–Kier alpha value is -0.610. The van der Waals surface area contributed by atoms with Crippen molar-refractivity contribution in [2.24, 2.45) is 11.8 Å². The van der Waals surface area contributed by atoms with Gasteiger partial charge in [0.1, 0.15) is 0 Å². The predicted molar refractivity (Wildman–Crippen MR) is 76.2 cm³/mol. The number of carbonyl (C=O) groups excluding carboxylic acids is 1. The molecule has 114 valence electrons. The van der Waals surface area contributed by atoms with Crippen molar-refractivity contribution in [3.05, 3.63) is 0 Å². The Morgan fingerprint density at radius 1 is 1.15 bits per heavy atom. The van der Waals surface area contributed by atoms with Crippen LogP contribution in [0.4, 0.5) is 0 Å². The zero-order valence-corrected chi connectivity index (χ0v) is 12.5. The fourth-order valence-electron chi connectivity index (χ4n) is 4.36. The standard InChI is InChI=1S/C16H27NO3/c1-11-12(8-10-20-11)16(19)17-9-3-2-6-14(17)13-5-4-7-15(13)18/h11-15,18H,2-10H2,1H3. The molecule has 20 heavy (non-hydrogen) atoms. The number of likely N-dealkylation sites (tertiary alicyclic amines) is 1. The van der Waals surface area contributed by atoms with Crippen molar-refractivity contribution < 1.29 is 14.6 Å². The minimum Gasteiger partial charge on any atom is -0.393 e. The average molecular weight is 281 g/mol. The number of amides is 1. The van der Waals surface area contributed by atoms with Gasteiger partial charge >= 0.3 is 0 Å². The first-order valence-corrected chi connectivity index (χ1v) is 8.28. The molecule has 4 nitrogen and oxygen atoms in total. The molecular weight excluding hydrogens is 254 g/mol. The second-order valence-electron chi connectivity index (χ2n) is 6.73. The van der Waals surface area contributed by atoms with Gasteiger partial charge in [-0.15, -0.1) is 0 Å². The number of aliphatic hydroxyl groups excluding tert-OH is 1. The van der Waals surface area contributed by atoms with E-state index in [0.29, 0.717) is 12.5 Å². The van der Waals surface area contributed by atoms with Crippen LogP contribution in [-0.2, 0) is 9.53 Å². The summed E-state index contributed by atoms with van der Waals surface area (Å²) in [5.74, 6) is 0.616. The smallest absolute Gasteiger partial charge is 0.228 e. The van der Waals surface area contributed by atoms with Crippen molar-refractivity contribution in [1.29, 1.82) is 0 Å². The van der Waals surface area contributed by atoms with E-state index >= 15 is 0 Å². The van der Waals surface area contributed by atoms with Gasteiger partial charge in [0.2, 0.25) is 5.91 Å². The highest BCUT2D eigenvalue weighted by molar-refractivity contribution is 5.80. The largest absolute Gasteiger partial charge is 0.393 e. The monoisotopic (exact) mass is 281 g/mol. The molecule has 5 unspecified atom stereocenters. The van der Waals surface area contributed by atoms with Crippen LogP contribution in [0.1, 0.15) is 51.9 Å². The zero-order valence-electron chi connectivity index (χ0n) is 12.5. The third-order valence-corrected chi connectivity index (χ3v) is 5.55. The zero-order chi connectivity index (χ0) is 14.1. The highest BCUT2D eigenvalue weighted by atomic mass is 16.5. The van der Waals surface area contributed by atoms with Crippen LogP contribution >= 0.6 is 0 Å². The number of piperidine rings is 1. The molecule has 2 aliphatic heterocycles. The second kappa shape index (κ2) is 6.02. The molecule has 1 aliphatic carbocycles. The summed E-state index contributed by atoms with van der Waals surface area (Å²) in [6.45, 7) is 3.59. The third-order valence-electron chi connectivity index (χ3n) is 5.55. The van der Waals surface area contributed by atoms with E-state index in [1.165, 1.54) is 6.42 Å². The van der Waals surface area contributed by atoms with Crippen LogP contribution in [0.15, 0.2) is 0 Å². The SMILES string of the molecule is CC1OCCC1C(=O)N1CCCCC1C1CCCC1O. The first-order chi connectivity index (χ1) is 9.68. The third kappa shape index (κ3) is 2.60. The van der Waals surface area contributed by atoms with Crippen LogP contribution in [0.2, 0.25) is 0 Å². The number of nitrogens with zero attached hydrogens (tertiary/aromatic N) is 1. The summed E-state index contributed by atoms with van der Waals surface area (Å²) >= 11 is 0. The van der Waals surface area contributed by atoms with Crippen LogP contribution < -0.4 is 0 Å². The Morgan fingerprint density at radius 2 is 2.00 bits per heavy atom. The summed E-state index contributed by atoms with van der Waals surface area (Å²) in [6, 6.07) is 0.265. The fourth-order valence-corrected chi connectivity index (χ4v) is 4.36. The summed E-state index contributed by atoms with van der Waals surface area (Å²) in [5, 5.41) is 10.2. The molecule has 3 fully saturated rings. The van der Waals surface area contributed by atoms with Crippen LogP contribution in [0.5, 0.6) is 0 Å². The molecule has 0 bridgehead atoms. The molecule has 0 aromatic carbocycles. The van der Waals surface area contributed by atoms with Crippen molar-refractivity contribution >= 4 is 5.91 Å². The lowest BCUT2D eigenvalue weighted by molar-refractivity contribution is -0.143. The number of hydrogen-bond donors (Lipinski definition) is 1. The van der Waals surface area contributed by atoms with Gasteiger partial charge in [-0.25, -0.2) is 0 Å². The van der Waals surface area contributed by atoms with Crippen LogP contribution in [0.25, 0.3) is 0 Å². The Labute approximate surface area is 121 Å². The second-order valence-corrected chi connectivity index (χ2v) is 6.73. The molecule has 1 amide bonds. The minimum atomic E-state index is -0.203. The lowest BCUT2D eigenvalue weighted by Gasteiger charge is -2.41. The Bertz CT molecular complexity index is 360. The molecular formula is C16H27NO3. The number of ether oxygens (including phenoxy) is 1. The molecule has 5 atom stereocenters. The van der Waals surface area contributed by atoms with Crippen molar-refractivity contribution in [2.75, 3.05) is 13.2 Å². The topological polar surface area (TPSA) is 49.8 Å². The van der Waals surface area contributed by atoms with Gasteiger partial charge in [0, 0.05) is 25.1 Å². The first kappa shape index (κ1) is 14.3. The van der Waals surface area contributed by atoms with E-state index < -0.39 is 0 Å². The first-order valence-electron chi connectivity index (χ1n) is 8.28. The summed E-state index contributed by atoms with van der Waals surface area (Å²) in [6.07, 6.45) is 7.16. The molecule has 4 heteroatoms. The van der Waals surface area contributed by atoms with E-state index in [9.17, 15) is 9.90 Å². The quantitative estimate of drug-likeness (QED) is 0.841. The molecule has 2 saturated heterocycles. The van der Waals surface area contributed by atoms with Gasteiger partial charge in [-0.05, 0) is 45.4 Å². The summed E-state index contributed by atoms with van der Waals surface area (Å²) in [7, 11) is 0. The van der Waals surface area contributed by atoms with Crippen molar-refractivity contribution in [2.45, 2.75) is 70.1 Å². The summed E-state index contributed by atoms with van der Waals surface area (Å²) in [4.78, 5) is 14.9. The Morgan fingerprint density at radius 3 is 2.65 bits per heavy atom. The van der Waals surface area contributed by atoms with Crippen molar-refractivity contribution in [3.63, 3.8) is 0 Å². The van der Waals surface area contributed by atoms with Crippen LogP contribution in [0, 0.1) is 11.8 Å². The van der Waals surface area contributed by atoms with Crippen LogP contribution in [0.3, 0.4) is 0 Å². The van der Waals surface area contributed by atoms with Gasteiger partial charge in [-0.1, -0.05) is 6.42 Å². The maximum Gasteiger partial charge on any atom is 0.228 e. The van der Waals surface area contributed by atoms with E-state index in [1.54, 1.807) is 0 Å².